The number of carbonyl (C=O) groups excluding carboxylic acids is 4. The Hall–Kier alpha value is -7.26. The van der Waals surface area contributed by atoms with E-state index in [2.05, 4.69) is 20.6 Å². The van der Waals surface area contributed by atoms with Gasteiger partial charge >= 0.3 is 12.2 Å². The molecule has 0 radical (unpaired) electrons. The summed E-state index contributed by atoms with van der Waals surface area (Å²) >= 11 is 6.92. The number of allylic oxidation sites excluding steroid dienone is 1. The van der Waals surface area contributed by atoms with E-state index >= 15 is 0 Å². The van der Waals surface area contributed by atoms with Crippen LogP contribution in [0.4, 0.5) is 9.59 Å². The molecule has 0 saturated carbocycles. The third kappa shape index (κ3) is 8.10. The van der Waals surface area contributed by atoms with Crippen molar-refractivity contribution in [3.05, 3.63) is 141 Å². The van der Waals surface area contributed by atoms with E-state index in [0.717, 1.165) is 24.1 Å². The first-order chi connectivity index (χ1) is 31.1. The summed E-state index contributed by atoms with van der Waals surface area (Å²) in [6, 6.07) is 24.3. The summed E-state index contributed by atoms with van der Waals surface area (Å²) < 4.78 is 16.0. The molecule has 15 nitrogen and oxygen atoms in total. The zero-order chi connectivity index (χ0) is 44.5. The molecule has 5 heterocycles. The van der Waals surface area contributed by atoms with Crippen LogP contribution in [0.3, 0.4) is 0 Å². The molecule has 0 bridgehead atoms. The Balaban J connectivity index is 0.928. The molecule has 0 aliphatic carbocycles. The first-order valence-electron chi connectivity index (χ1n) is 21.0. The highest BCUT2D eigenvalue weighted by Gasteiger charge is 2.39. The van der Waals surface area contributed by atoms with Crippen molar-refractivity contribution < 1.29 is 33.1 Å². The molecule has 64 heavy (non-hydrogen) atoms. The van der Waals surface area contributed by atoms with Crippen LogP contribution in [0.1, 0.15) is 72.7 Å². The van der Waals surface area contributed by atoms with Crippen LogP contribution in [0.2, 0.25) is 5.02 Å². The summed E-state index contributed by atoms with van der Waals surface area (Å²) in [5.41, 5.74) is 5.41. The number of rotatable bonds is 10. The van der Waals surface area contributed by atoms with Crippen molar-refractivity contribution >= 4 is 68.8 Å². The highest BCUT2D eigenvalue weighted by molar-refractivity contribution is 6.33. The number of nitrogens with zero attached hydrogens (tertiary/aromatic N) is 4. The van der Waals surface area contributed by atoms with Gasteiger partial charge in [-0.05, 0) is 72.7 Å². The molecule has 0 unspecified atom stereocenters. The minimum absolute atomic E-state index is 0.250. The van der Waals surface area contributed by atoms with Crippen molar-refractivity contribution in [3.63, 3.8) is 0 Å². The molecule has 326 valence electrons. The number of H-pyrrole nitrogens is 1. The second kappa shape index (κ2) is 17.8. The van der Waals surface area contributed by atoms with Crippen LogP contribution in [-0.2, 0) is 19.1 Å². The number of halogens is 1. The zero-order valence-electron chi connectivity index (χ0n) is 35.0. The molecule has 2 aromatic heterocycles. The molecule has 4 aromatic carbocycles. The van der Waals surface area contributed by atoms with E-state index in [4.69, 9.17) is 30.5 Å². The lowest BCUT2D eigenvalue weighted by Crippen LogP contribution is -2.47. The molecule has 6 aromatic rings. The predicted octanol–water partition coefficient (Wildman–Crippen LogP) is 8.02. The normalized spacial score (nSPS) is 18.1. The molecular weight excluding hydrogens is 838 g/mol. The molecule has 0 spiro atoms. The van der Waals surface area contributed by atoms with Crippen molar-refractivity contribution in [2.75, 3.05) is 27.3 Å². The SMILES string of the molecule is COC(=O)N[C@@H](C(=O)N1CCC[C@H]1C1=NC=C(c2cc3oc4ccc(-c5cnc([C@@H]6CCCN6C(=O)[C@H](NC(=O)OC)c6ccccc6)[nH]5)cc4c(=O)c3cc2Cl)C1)c1ccccc1. The van der Waals surface area contributed by atoms with Crippen LogP contribution in [0.25, 0.3) is 38.8 Å². The van der Waals surface area contributed by atoms with E-state index in [9.17, 15) is 24.0 Å². The quantitative estimate of drug-likeness (QED) is 0.115. The predicted molar refractivity (Wildman–Crippen MR) is 240 cm³/mol. The number of benzene rings is 4. The Bertz CT molecular complexity index is 2910. The second-order valence-electron chi connectivity index (χ2n) is 15.9. The third-order valence-electron chi connectivity index (χ3n) is 12.2. The number of ether oxygens (including phenoxy) is 2. The molecule has 4 atom stereocenters. The van der Waals surface area contributed by atoms with Gasteiger partial charge in [0, 0.05) is 47.6 Å². The van der Waals surface area contributed by atoms with E-state index in [1.165, 1.54) is 14.2 Å². The number of carbonyl (C=O) groups is 4. The smallest absolute Gasteiger partial charge is 0.407 e. The minimum Gasteiger partial charge on any atom is -0.456 e. The summed E-state index contributed by atoms with van der Waals surface area (Å²) in [6.45, 7) is 0.995. The Kier molecular flexibility index (Phi) is 11.7. The number of amides is 4. The second-order valence-corrected chi connectivity index (χ2v) is 16.3. The summed E-state index contributed by atoms with van der Waals surface area (Å²) in [6.07, 6.45) is 5.35. The number of hydrogen-bond acceptors (Lipinski definition) is 10. The van der Waals surface area contributed by atoms with Gasteiger partial charge in [-0.3, -0.25) is 19.4 Å². The van der Waals surface area contributed by atoms with Gasteiger partial charge in [-0.25, -0.2) is 14.6 Å². The maximum Gasteiger partial charge on any atom is 0.407 e. The topological polar surface area (TPSA) is 189 Å². The van der Waals surface area contributed by atoms with Gasteiger partial charge in [0.2, 0.25) is 11.3 Å². The number of imidazole rings is 1. The number of likely N-dealkylation sites (tertiary alicyclic amines) is 2. The maximum atomic E-state index is 14.1. The van der Waals surface area contributed by atoms with Crippen molar-refractivity contribution in [2.45, 2.75) is 56.3 Å². The van der Waals surface area contributed by atoms with Crippen LogP contribution in [0.5, 0.6) is 0 Å². The highest BCUT2D eigenvalue weighted by Crippen LogP contribution is 2.38. The fraction of sp³-hybridized carbons (Fsp3) is 0.271. The minimum atomic E-state index is -0.943. The number of nitrogens with one attached hydrogen (secondary N) is 3. The molecule has 3 aliphatic heterocycles. The molecule has 3 N–H and O–H groups in total. The summed E-state index contributed by atoms with van der Waals surface area (Å²) in [5, 5.41) is 6.41. The molecule has 4 amide bonds. The standard InChI is InChI=1S/C48H44ClN7O8/c1-62-47(60)53-41(27-11-5-3-6-12-27)45(58)55-19-9-15-37(55)35-22-30(25-50-35)31-24-40-33(23-34(31)49)43(57)32-21-29(17-18-39(32)64-40)36-26-51-44(52-36)38-16-10-20-56(38)46(59)42(54-48(61)63-2)28-13-7-4-8-14-28/h3-8,11-14,17-18,21,23-26,37-38,41-42H,9-10,15-16,19-20,22H2,1-2H3,(H,51,52)(H,53,60)(H,54,61)/t37-,38-,41+,42+/m0/s1. The van der Waals surface area contributed by atoms with Gasteiger partial charge in [0.05, 0.1) is 49.0 Å². The van der Waals surface area contributed by atoms with Crippen LogP contribution >= 0.6 is 11.6 Å². The number of fused-ring (bicyclic) bond motifs is 2. The van der Waals surface area contributed by atoms with Crippen LogP contribution in [0, 0.1) is 0 Å². The first kappa shape index (κ1) is 42.1. The maximum absolute atomic E-state index is 14.1. The van der Waals surface area contributed by atoms with Crippen molar-refractivity contribution in [3.8, 4) is 11.3 Å². The number of hydrogen-bond donors (Lipinski definition) is 3. The zero-order valence-corrected chi connectivity index (χ0v) is 35.8. The summed E-state index contributed by atoms with van der Waals surface area (Å²) in [5.74, 6) is 0.0604. The fourth-order valence-corrected chi connectivity index (χ4v) is 9.29. The monoisotopic (exact) mass is 881 g/mol. The van der Waals surface area contributed by atoms with Crippen LogP contribution in [-0.4, -0.2) is 82.8 Å². The highest BCUT2D eigenvalue weighted by atomic mass is 35.5. The molecule has 3 aliphatic rings. The van der Waals surface area contributed by atoms with Gasteiger partial charge in [0.25, 0.3) is 5.91 Å². The molecular formula is C48H44ClN7O8. The van der Waals surface area contributed by atoms with E-state index < -0.39 is 24.3 Å². The van der Waals surface area contributed by atoms with Gasteiger partial charge in [-0.2, -0.15) is 0 Å². The van der Waals surface area contributed by atoms with Crippen molar-refractivity contribution in [1.82, 2.24) is 30.4 Å². The number of alkyl carbamates (subject to hydrolysis) is 2. The number of aromatic nitrogens is 2. The van der Waals surface area contributed by atoms with Gasteiger partial charge in [-0.1, -0.05) is 72.3 Å². The molecule has 9 rings (SSSR count). The van der Waals surface area contributed by atoms with E-state index in [0.29, 0.717) is 93.1 Å². The number of aromatic amines is 1. The summed E-state index contributed by atoms with van der Waals surface area (Å²) in [4.78, 5) is 83.0. The average molecular weight is 882 g/mol. The van der Waals surface area contributed by atoms with E-state index in [-0.39, 0.29) is 29.3 Å². The Morgan fingerprint density at radius 2 is 1.38 bits per heavy atom. The Labute approximate surface area is 372 Å². The Morgan fingerprint density at radius 1 is 0.781 bits per heavy atom. The average Bonchev–Trinajstić information content (AvgIpc) is 4.18. The molecule has 2 fully saturated rings. The van der Waals surface area contributed by atoms with Crippen LogP contribution < -0.4 is 16.1 Å². The van der Waals surface area contributed by atoms with Gasteiger partial charge in [-0.15, -0.1) is 0 Å². The third-order valence-corrected chi connectivity index (χ3v) is 12.5. The van der Waals surface area contributed by atoms with Crippen molar-refractivity contribution in [2.24, 2.45) is 4.99 Å². The lowest BCUT2D eigenvalue weighted by Gasteiger charge is -2.29. The lowest BCUT2D eigenvalue weighted by atomic mass is 9.97. The molecule has 2 saturated heterocycles. The summed E-state index contributed by atoms with van der Waals surface area (Å²) in [7, 11) is 2.51. The van der Waals surface area contributed by atoms with Crippen LogP contribution in [0.15, 0.2) is 118 Å². The Morgan fingerprint density at radius 3 is 2.00 bits per heavy atom. The number of methoxy groups -OCH3 is 2. The van der Waals surface area contributed by atoms with Gasteiger partial charge < -0.3 is 39.3 Å². The van der Waals surface area contributed by atoms with Gasteiger partial charge in [0.15, 0.2) is 0 Å². The number of aliphatic imine (C=N–C) groups is 1. The lowest BCUT2D eigenvalue weighted by molar-refractivity contribution is -0.135. The van der Waals surface area contributed by atoms with Crippen molar-refractivity contribution in [1.29, 1.82) is 0 Å². The first-order valence-corrected chi connectivity index (χ1v) is 21.4. The largest absolute Gasteiger partial charge is 0.456 e. The van der Waals surface area contributed by atoms with E-state index in [1.54, 1.807) is 70.7 Å². The fourth-order valence-electron chi connectivity index (χ4n) is 9.00. The van der Waals surface area contributed by atoms with E-state index in [1.807, 2.05) is 42.5 Å². The van der Waals surface area contributed by atoms with Gasteiger partial charge in [0.1, 0.15) is 29.1 Å². The molecule has 16 heteroatoms.